The van der Waals surface area contributed by atoms with Crippen LogP contribution in [0.2, 0.25) is 0 Å². The molecule has 1 aromatic heterocycles. The van der Waals surface area contributed by atoms with E-state index < -0.39 is 0 Å². The third kappa shape index (κ3) is 4.68. The number of fused-ring (bicyclic) bond motifs is 1. The minimum absolute atomic E-state index is 0. The molecule has 2 saturated heterocycles. The van der Waals surface area contributed by atoms with Gasteiger partial charge in [-0.2, -0.15) is 0 Å². The number of likely N-dealkylation sites (tertiary alicyclic amines) is 1. The lowest BCUT2D eigenvalue weighted by Crippen LogP contribution is -2.47. The number of amides is 1. The average Bonchev–Trinajstić information content (AvgIpc) is 3.24. The zero-order chi connectivity index (χ0) is 16.4. The molecule has 1 atom stereocenters. The molecule has 26 heavy (non-hydrogen) atoms. The molecule has 9 heteroatoms. The van der Waals surface area contributed by atoms with Crippen molar-refractivity contribution in [2.75, 3.05) is 45.8 Å². The molecule has 0 radical (unpaired) electrons. The van der Waals surface area contributed by atoms with Crippen molar-refractivity contribution in [2.24, 2.45) is 0 Å². The highest BCUT2D eigenvalue weighted by atomic mass is 35.5. The molecule has 0 aliphatic carbocycles. The number of nitrogens with zero attached hydrogens (tertiary/aromatic N) is 5. The zero-order valence-corrected chi connectivity index (χ0v) is 16.9. The number of carbonyl (C=O) groups is 1. The van der Waals surface area contributed by atoms with Crippen molar-refractivity contribution in [2.45, 2.75) is 44.6 Å². The molecule has 0 spiro atoms. The van der Waals surface area contributed by atoms with Crippen molar-refractivity contribution in [3.05, 3.63) is 11.6 Å². The summed E-state index contributed by atoms with van der Waals surface area (Å²) in [4.78, 5) is 16.8. The standard InChI is InChI=1S/C17H28N6O.2ClH/c24-16(22-11-6-18-7-12-22)5-10-21-8-1-3-14(13-21)17-20-19-15-4-2-9-23(15)17;;/h14,18H,1-13H2;2*1H. The summed E-state index contributed by atoms with van der Waals surface area (Å²) in [6.07, 6.45) is 5.30. The summed E-state index contributed by atoms with van der Waals surface area (Å²) < 4.78 is 2.33. The second-order valence-electron chi connectivity index (χ2n) is 7.25. The molecule has 0 saturated carbocycles. The van der Waals surface area contributed by atoms with E-state index in [1.165, 1.54) is 25.1 Å². The molecule has 1 N–H and O–H groups in total. The van der Waals surface area contributed by atoms with Crippen LogP contribution >= 0.6 is 24.8 Å². The number of hydrogen-bond donors (Lipinski definition) is 1. The van der Waals surface area contributed by atoms with E-state index >= 15 is 0 Å². The number of halogens is 2. The monoisotopic (exact) mass is 404 g/mol. The summed E-state index contributed by atoms with van der Waals surface area (Å²) in [5, 5.41) is 12.1. The number of nitrogens with one attached hydrogen (secondary N) is 1. The van der Waals surface area contributed by atoms with Crippen LogP contribution in [0, 0.1) is 0 Å². The molecule has 4 heterocycles. The lowest BCUT2D eigenvalue weighted by molar-refractivity contribution is -0.132. The van der Waals surface area contributed by atoms with Crippen LogP contribution in [0.15, 0.2) is 0 Å². The van der Waals surface area contributed by atoms with Crippen molar-refractivity contribution in [1.29, 1.82) is 0 Å². The Bertz CT molecular complexity index is 590. The van der Waals surface area contributed by atoms with Crippen LogP contribution in [0.25, 0.3) is 0 Å². The Morgan fingerprint density at radius 1 is 1.08 bits per heavy atom. The third-order valence-corrected chi connectivity index (χ3v) is 5.62. The van der Waals surface area contributed by atoms with E-state index in [9.17, 15) is 4.79 Å². The summed E-state index contributed by atoms with van der Waals surface area (Å²) >= 11 is 0. The second kappa shape index (κ2) is 9.88. The van der Waals surface area contributed by atoms with Crippen LogP contribution in [0.4, 0.5) is 0 Å². The average molecular weight is 405 g/mol. The number of piperazine rings is 1. The van der Waals surface area contributed by atoms with Gasteiger partial charge in [-0.1, -0.05) is 0 Å². The number of piperidine rings is 1. The molecule has 2 fully saturated rings. The van der Waals surface area contributed by atoms with Gasteiger partial charge in [-0.15, -0.1) is 35.0 Å². The smallest absolute Gasteiger partial charge is 0.223 e. The Balaban J connectivity index is 0.00000121. The Morgan fingerprint density at radius 2 is 1.88 bits per heavy atom. The van der Waals surface area contributed by atoms with Crippen molar-refractivity contribution < 1.29 is 4.79 Å². The first-order chi connectivity index (χ1) is 11.8. The molecule has 148 valence electrons. The Hall–Kier alpha value is -0.890. The minimum Gasteiger partial charge on any atom is -0.340 e. The first-order valence-electron chi connectivity index (χ1n) is 9.44. The summed E-state index contributed by atoms with van der Waals surface area (Å²) in [5.41, 5.74) is 0. The van der Waals surface area contributed by atoms with Gasteiger partial charge in [-0.05, 0) is 25.8 Å². The molecule has 1 amide bonds. The molecule has 0 aromatic carbocycles. The van der Waals surface area contributed by atoms with Gasteiger partial charge in [-0.25, -0.2) is 0 Å². The lowest BCUT2D eigenvalue weighted by atomic mass is 9.97. The van der Waals surface area contributed by atoms with Gasteiger partial charge in [0, 0.05) is 64.6 Å². The first kappa shape index (κ1) is 21.4. The molecular formula is C17H30Cl2N6O. The molecule has 1 unspecified atom stereocenters. The van der Waals surface area contributed by atoms with Crippen LogP contribution < -0.4 is 5.32 Å². The maximum atomic E-state index is 12.3. The number of aromatic nitrogens is 3. The zero-order valence-electron chi connectivity index (χ0n) is 15.2. The van der Waals surface area contributed by atoms with Gasteiger partial charge < -0.3 is 19.7 Å². The van der Waals surface area contributed by atoms with E-state index in [-0.39, 0.29) is 24.8 Å². The molecule has 4 rings (SSSR count). The molecule has 0 bridgehead atoms. The van der Waals surface area contributed by atoms with Crippen molar-refractivity contribution in [3.63, 3.8) is 0 Å². The number of hydrogen-bond acceptors (Lipinski definition) is 5. The predicted octanol–water partition coefficient (Wildman–Crippen LogP) is 1.07. The lowest BCUT2D eigenvalue weighted by Gasteiger charge is -2.33. The van der Waals surface area contributed by atoms with Crippen LogP contribution in [-0.2, 0) is 17.8 Å². The highest BCUT2D eigenvalue weighted by Crippen LogP contribution is 2.28. The van der Waals surface area contributed by atoms with Gasteiger partial charge in [0.05, 0.1) is 0 Å². The van der Waals surface area contributed by atoms with Crippen molar-refractivity contribution in [1.82, 2.24) is 29.9 Å². The van der Waals surface area contributed by atoms with Gasteiger partial charge in [0.1, 0.15) is 11.6 Å². The summed E-state index contributed by atoms with van der Waals surface area (Å²) in [7, 11) is 0. The van der Waals surface area contributed by atoms with E-state index in [1.807, 2.05) is 4.90 Å². The molecule has 7 nitrogen and oxygen atoms in total. The highest BCUT2D eigenvalue weighted by molar-refractivity contribution is 5.85. The summed E-state index contributed by atoms with van der Waals surface area (Å²) in [5.74, 6) is 3.13. The second-order valence-corrected chi connectivity index (χ2v) is 7.25. The predicted molar refractivity (Wildman–Crippen MR) is 105 cm³/mol. The molecule has 3 aliphatic heterocycles. The fourth-order valence-electron chi connectivity index (χ4n) is 4.27. The maximum absolute atomic E-state index is 12.3. The summed E-state index contributed by atoms with van der Waals surface area (Å²) in [6, 6.07) is 0. The Kier molecular flexibility index (Phi) is 8.13. The van der Waals surface area contributed by atoms with E-state index in [4.69, 9.17) is 0 Å². The third-order valence-electron chi connectivity index (χ3n) is 5.62. The Labute approximate surface area is 167 Å². The van der Waals surface area contributed by atoms with Gasteiger partial charge in [0.2, 0.25) is 5.91 Å². The van der Waals surface area contributed by atoms with Crippen LogP contribution in [0.5, 0.6) is 0 Å². The number of carbonyl (C=O) groups excluding carboxylic acids is 1. The number of aryl methyl sites for hydroxylation is 1. The molecule has 3 aliphatic rings. The van der Waals surface area contributed by atoms with Crippen LogP contribution in [-0.4, -0.2) is 76.3 Å². The SMILES string of the molecule is Cl.Cl.O=C(CCN1CCCC(c2nnc3n2CCC3)C1)N1CCNCC1. The topological polar surface area (TPSA) is 66.3 Å². The number of rotatable bonds is 4. The van der Waals surface area contributed by atoms with Gasteiger partial charge in [-0.3, -0.25) is 4.79 Å². The van der Waals surface area contributed by atoms with Gasteiger partial charge in [0.15, 0.2) is 0 Å². The summed E-state index contributed by atoms with van der Waals surface area (Å²) in [6.45, 7) is 7.64. The van der Waals surface area contributed by atoms with Crippen molar-refractivity contribution in [3.8, 4) is 0 Å². The largest absolute Gasteiger partial charge is 0.340 e. The van der Waals surface area contributed by atoms with E-state index in [1.54, 1.807) is 0 Å². The maximum Gasteiger partial charge on any atom is 0.223 e. The van der Waals surface area contributed by atoms with E-state index in [2.05, 4.69) is 25.0 Å². The van der Waals surface area contributed by atoms with Crippen LogP contribution in [0.3, 0.4) is 0 Å². The van der Waals surface area contributed by atoms with Gasteiger partial charge in [0.25, 0.3) is 0 Å². The highest BCUT2D eigenvalue weighted by Gasteiger charge is 2.28. The molecular weight excluding hydrogens is 375 g/mol. The fraction of sp³-hybridized carbons (Fsp3) is 0.824. The van der Waals surface area contributed by atoms with Gasteiger partial charge >= 0.3 is 0 Å². The Morgan fingerprint density at radius 3 is 2.69 bits per heavy atom. The van der Waals surface area contributed by atoms with E-state index in [0.29, 0.717) is 18.2 Å². The fourth-order valence-corrected chi connectivity index (χ4v) is 4.27. The normalized spacial score (nSPS) is 23.1. The van der Waals surface area contributed by atoms with E-state index in [0.717, 1.165) is 64.6 Å². The molecule has 1 aromatic rings. The first-order valence-corrected chi connectivity index (χ1v) is 9.44. The quantitative estimate of drug-likeness (QED) is 0.812. The van der Waals surface area contributed by atoms with Crippen molar-refractivity contribution >= 4 is 30.7 Å². The minimum atomic E-state index is 0. The van der Waals surface area contributed by atoms with Crippen LogP contribution in [0.1, 0.15) is 43.3 Å².